The van der Waals surface area contributed by atoms with Gasteiger partial charge in [0.25, 0.3) is 0 Å². The number of nitrogens with one attached hydrogen (secondary N) is 1. The van der Waals surface area contributed by atoms with Crippen LogP contribution in [0.5, 0.6) is 0 Å². The molecule has 0 saturated carbocycles. The molecule has 1 heterocycles. The van der Waals surface area contributed by atoms with Gasteiger partial charge in [0.05, 0.1) is 5.92 Å². The van der Waals surface area contributed by atoms with Crippen LogP contribution in [0, 0.1) is 0 Å². The predicted molar refractivity (Wildman–Crippen MR) is 75.2 cm³/mol. The summed E-state index contributed by atoms with van der Waals surface area (Å²) in [6, 6.07) is 14.4. The fourth-order valence-electron chi connectivity index (χ4n) is 3.31. The van der Waals surface area contributed by atoms with Crippen LogP contribution < -0.4 is 5.32 Å². The Bertz CT molecular complexity index is 748. The van der Waals surface area contributed by atoms with Gasteiger partial charge in [-0.2, -0.15) is 0 Å². The topological polar surface area (TPSA) is 46.2 Å². The minimum atomic E-state index is -0.327. The van der Waals surface area contributed by atoms with Crippen LogP contribution in [0.3, 0.4) is 0 Å². The lowest BCUT2D eigenvalue weighted by Gasteiger charge is -2.12. The van der Waals surface area contributed by atoms with Gasteiger partial charge >= 0.3 is 0 Å². The van der Waals surface area contributed by atoms with E-state index in [4.69, 9.17) is 0 Å². The second-order valence-electron chi connectivity index (χ2n) is 5.38. The Hall–Kier alpha value is -2.42. The van der Waals surface area contributed by atoms with Crippen molar-refractivity contribution < 1.29 is 9.59 Å². The largest absolute Gasteiger partial charge is 0.296 e. The van der Waals surface area contributed by atoms with Gasteiger partial charge in [-0.1, -0.05) is 42.5 Å². The first-order valence-corrected chi connectivity index (χ1v) is 6.78. The molecular weight excluding hydrogens is 250 g/mol. The third kappa shape index (κ3) is 1.53. The summed E-state index contributed by atoms with van der Waals surface area (Å²) in [4.78, 5) is 23.3. The molecule has 0 bridgehead atoms. The highest BCUT2D eigenvalue weighted by molar-refractivity contribution is 6.06. The fourth-order valence-corrected chi connectivity index (χ4v) is 3.31. The summed E-state index contributed by atoms with van der Waals surface area (Å²) in [5.74, 6) is -0.667. The Morgan fingerprint density at radius 1 is 0.950 bits per heavy atom. The number of carbonyl (C=O) groups is 2. The predicted octanol–water partition coefficient (Wildman–Crippen LogP) is 2.39. The molecule has 0 aromatic heterocycles. The molecule has 2 aromatic rings. The highest BCUT2D eigenvalue weighted by Crippen LogP contribution is 2.41. The van der Waals surface area contributed by atoms with Crippen LogP contribution in [-0.2, 0) is 16.0 Å². The lowest BCUT2D eigenvalue weighted by atomic mass is 9.90. The lowest BCUT2D eigenvalue weighted by Crippen LogP contribution is -2.21. The Morgan fingerprint density at radius 3 is 2.55 bits per heavy atom. The minimum Gasteiger partial charge on any atom is -0.296 e. The number of rotatable bonds is 1. The first-order valence-electron chi connectivity index (χ1n) is 6.78. The number of carbonyl (C=O) groups excluding carboxylic acids is 2. The molecule has 0 radical (unpaired) electrons. The van der Waals surface area contributed by atoms with E-state index in [9.17, 15) is 9.59 Å². The highest BCUT2D eigenvalue weighted by atomic mass is 16.2. The maximum absolute atomic E-state index is 11.9. The van der Waals surface area contributed by atoms with Crippen LogP contribution in [0.15, 0.2) is 42.5 Å². The number of hydrogen-bond acceptors (Lipinski definition) is 2. The summed E-state index contributed by atoms with van der Waals surface area (Å²) in [5.41, 5.74) is 5.93. The van der Waals surface area contributed by atoms with Gasteiger partial charge in [-0.25, -0.2) is 0 Å². The van der Waals surface area contributed by atoms with Crippen LogP contribution in [-0.4, -0.2) is 11.8 Å². The van der Waals surface area contributed by atoms with E-state index < -0.39 is 0 Å². The SMILES string of the molecule is O=C1CC(c2cccc3c2Cc2ccccc2-3)C(=O)N1. The quantitative estimate of drug-likeness (QED) is 0.685. The van der Waals surface area contributed by atoms with Crippen LogP contribution >= 0.6 is 0 Å². The van der Waals surface area contributed by atoms with Crippen LogP contribution in [0.2, 0.25) is 0 Å². The highest BCUT2D eigenvalue weighted by Gasteiger charge is 2.34. The maximum atomic E-state index is 11.9. The molecule has 1 atom stereocenters. The molecule has 1 N–H and O–H groups in total. The van der Waals surface area contributed by atoms with E-state index in [1.54, 1.807) is 0 Å². The van der Waals surface area contributed by atoms with E-state index in [1.807, 2.05) is 24.3 Å². The lowest BCUT2D eigenvalue weighted by molar-refractivity contribution is -0.125. The minimum absolute atomic E-state index is 0.167. The standard InChI is InChI=1S/C17H13NO2/c19-16-9-15(17(20)18-16)13-7-3-6-12-11-5-2-1-4-10(11)8-14(12)13/h1-7,15H,8-9H2,(H,18,19,20). The van der Waals surface area contributed by atoms with Gasteiger partial charge < -0.3 is 0 Å². The van der Waals surface area contributed by atoms with Crippen molar-refractivity contribution >= 4 is 11.8 Å². The second-order valence-corrected chi connectivity index (χ2v) is 5.38. The van der Waals surface area contributed by atoms with Crippen molar-refractivity contribution in [3.05, 3.63) is 59.2 Å². The van der Waals surface area contributed by atoms with Gasteiger partial charge in [-0.15, -0.1) is 0 Å². The summed E-state index contributed by atoms with van der Waals surface area (Å²) in [6.45, 7) is 0. The van der Waals surface area contributed by atoms with Crippen molar-refractivity contribution in [2.75, 3.05) is 0 Å². The number of hydrogen-bond donors (Lipinski definition) is 1. The van der Waals surface area contributed by atoms with Crippen molar-refractivity contribution in [1.29, 1.82) is 0 Å². The summed E-state index contributed by atoms with van der Waals surface area (Å²) in [5, 5.41) is 2.40. The van der Waals surface area contributed by atoms with Crippen molar-refractivity contribution in [3.8, 4) is 11.1 Å². The number of fused-ring (bicyclic) bond motifs is 3. The molecule has 1 saturated heterocycles. The van der Waals surface area contributed by atoms with Gasteiger partial charge in [0, 0.05) is 6.42 Å². The molecule has 20 heavy (non-hydrogen) atoms. The molecule has 1 fully saturated rings. The van der Waals surface area contributed by atoms with E-state index in [1.165, 1.54) is 22.3 Å². The molecular formula is C17H13NO2. The third-order valence-electron chi connectivity index (χ3n) is 4.23. The van der Waals surface area contributed by atoms with E-state index in [0.717, 1.165) is 12.0 Å². The van der Waals surface area contributed by atoms with Gasteiger partial charge in [-0.05, 0) is 34.2 Å². The molecule has 0 spiro atoms. The van der Waals surface area contributed by atoms with E-state index in [-0.39, 0.29) is 24.2 Å². The Morgan fingerprint density at radius 2 is 1.75 bits per heavy atom. The fraction of sp³-hybridized carbons (Fsp3) is 0.176. The van der Waals surface area contributed by atoms with Gasteiger partial charge in [0.15, 0.2) is 0 Å². The maximum Gasteiger partial charge on any atom is 0.234 e. The molecule has 1 aliphatic carbocycles. The summed E-state index contributed by atoms with van der Waals surface area (Å²) < 4.78 is 0. The molecule has 2 aromatic carbocycles. The van der Waals surface area contributed by atoms with Crippen molar-refractivity contribution in [2.24, 2.45) is 0 Å². The Balaban J connectivity index is 1.86. The van der Waals surface area contributed by atoms with E-state index in [0.29, 0.717) is 0 Å². The zero-order valence-corrected chi connectivity index (χ0v) is 10.8. The molecule has 2 amide bonds. The average molecular weight is 263 g/mol. The Labute approximate surface area is 116 Å². The van der Waals surface area contributed by atoms with Gasteiger partial charge in [0.2, 0.25) is 11.8 Å². The molecule has 2 aliphatic rings. The first-order chi connectivity index (χ1) is 9.74. The molecule has 3 nitrogen and oxygen atoms in total. The van der Waals surface area contributed by atoms with E-state index >= 15 is 0 Å². The Kier molecular flexibility index (Phi) is 2.30. The smallest absolute Gasteiger partial charge is 0.234 e. The molecule has 3 heteroatoms. The molecule has 98 valence electrons. The number of imide groups is 1. The van der Waals surface area contributed by atoms with Crippen LogP contribution in [0.25, 0.3) is 11.1 Å². The van der Waals surface area contributed by atoms with Gasteiger partial charge in [-0.3, -0.25) is 14.9 Å². The van der Waals surface area contributed by atoms with Crippen LogP contribution in [0.1, 0.15) is 29.0 Å². The molecule has 4 rings (SSSR count). The normalized spacial score (nSPS) is 19.7. The molecule has 1 aliphatic heterocycles. The summed E-state index contributed by atoms with van der Waals surface area (Å²) in [6.07, 6.45) is 1.12. The monoisotopic (exact) mass is 263 g/mol. The summed E-state index contributed by atoms with van der Waals surface area (Å²) >= 11 is 0. The molecule has 1 unspecified atom stereocenters. The average Bonchev–Trinajstić information content (AvgIpc) is 2.98. The second kappa shape index (κ2) is 4.04. The first kappa shape index (κ1) is 11.4. The third-order valence-corrected chi connectivity index (χ3v) is 4.23. The van der Waals surface area contributed by atoms with Crippen molar-refractivity contribution in [3.63, 3.8) is 0 Å². The number of amides is 2. The van der Waals surface area contributed by atoms with Crippen molar-refractivity contribution in [2.45, 2.75) is 18.8 Å². The van der Waals surface area contributed by atoms with E-state index in [2.05, 4.69) is 23.5 Å². The zero-order valence-electron chi connectivity index (χ0n) is 10.8. The number of benzene rings is 2. The van der Waals surface area contributed by atoms with Crippen LogP contribution in [0.4, 0.5) is 0 Å². The van der Waals surface area contributed by atoms with Crippen molar-refractivity contribution in [1.82, 2.24) is 5.32 Å². The summed E-state index contributed by atoms with van der Waals surface area (Å²) in [7, 11) is 0. The van der Waals surface area contributed by atoms with Gasteiger partial charge in [0.1, 0.15) is 0 Å². The zero-order chi connectivity index (χ0) is 13.7.